The molecule has 0 N–H and O–H groups in total. The molecule has 0 amide bonds. The summed E-state index contributed by atoms with van der Waals surface area (Å²) in [7, 11) is 0. The lowest BCUT2D eigenvalue weighted by Gasteiger charge is -2.37. The van der Waals surface area contributed by atoms with Gasteiger partial charge in [0.15, 0.2) is 0 Å². The van der Waals surface area contributed by atoms with E-state index >= 15 is 0 Å². The zero-order valence-electron chi connectivity index (χ0n) is 22.9. The molecule has 0 aromatic heterocycles. The third kappa shape index (κ3) is 6.22. The van der Waals surface area contributed by atoms with E-state index in [9.17, 15) is 4.79 Å². The number of rotatable bonds is 10. The second-order valence-electron chi connectivity index (χ2n) is 9.78. The van der Waals surface area contributed by atoms with Crippen LogP contribution in [0.15, 0.2) is 146 Å². The predicted molar refractivity (Wildman–Crippen MR) is 183 cm³/mol. The first-order valence-corrected chi connectivity index (χ1v) is 19.5. The van der Waals surface area contributed by atoms with Crippen LogP contribution in [0.2, 0.25) is 0 Å². The molecule has 5 aromatic rings. The van der Waals surface area contributed by atoms with Crippen molar-refractivity contribution in [3.63, 3.8) is 0 Å². The Morgan fingerprint density at radius 3 is 1.39 bits per heavy atom. The van der Waals surface area contributed by atoms with Crippen molar-refractivity contribution in [3.8, 4) is 0 Å². The average Bonchev–Trinajstić information content (AvgIpc) is 3.05. The quantitative estimate of drug-likeness (QED) is 0.124. The summed E-state index contributed by atoms with van der Waals surface area (Å²) < 4.78 is 5.27. The van der Waals surface area contributed by atoms with Gasteiger partial charge < -0.3 is 4.74 Å². The fourth-order valence-electron chi connectivity index (χ4n) is 5.23. The minimum atomic E-state index is -2.47. The van der Waals surface area contributed by atoms with Gasteiger partial charge in [-0.05, 0) is 52.0 Å². The van der Waals surface area contributed by atoms with Gasteiger partial charge in [0.2, 0.25) is 0 Å². The van der Waals surface area contributed by atoms with Crippen LogP contribution >= 0.6 is 12.1 Å². The second-order valence-corrected chi connectivity index (χ2v) is 19.2. The molecule has 0 saturated heterocycles. The number of ether oxygens (including phenoxy) is 1. The molecule has 0 heterocycles. The first-order valence-electron chi connectivity index (χ1n) is 13.6. The SMILES string of the molecule is CCOC(=O)c1ccc(C(CP(=S)(c2ccccc2)c2ccccc2)P(=S)(c2ccccc2)c2ccccc2)cc1. The molecule has 1 unspecified atom stereocenters. The number of hydrogen-bond acceptors (Lipinski definition) is 4. The van der Waals surface area contributed by atoms with Crippen LogP contribution in [0.4, 0.5) is 0 Å². The smallest absolute Gasteiger partial charge is 0.338 e. The standard InChI is InChI=1S/C35H32O2P2S2/c1-2-37-35(36)29-25-23-28(24-26-29)34(39(41,32-19-11-5-12-20-32)33-21-13-6-14-22-33)27-38(40,30-15-7-3-8-16-30)31-17-9-4-10-18-31/h3-26,34H,2,27H2,1H3. The van der Waals surface area contributed by atoms with Crippen LogP contribution in [0.1, 0.15) is 28.5 Å². The highest BCUT2D eigenvalue weighted by Gasteiger charge is 2.38. The molecule has 41 heavy (non-hydrogen) atoms. The maximum Gasteiger partial charge on any atom is 0.338 e. The monoisotopic (exact) mass is 610 g/mol. The van der Waals surface area contributed by atoms with Crippen LogP contribution in [-0.4, -0.2) is 18.7 Å². The van der Waals surface area contributed by atoms with Crippen molar-refractivity contribution in [2.75, 3.05) is 12.8 Å². The number of benzene rings is 5. The molecule has 5 rings (SSSR count). The number of carbonyl (C=O) groups is 1. The molecule has 2 nitrogen and oxygen atoms in total. The molecule has 0 aliphatic carbocycles. The molecule has 0 fully saturated rings. The van der Waals surface area contributed by atoms with E-state index in [1.165, 1.54) is 10.6 Å². The normalized spacial score (nSPS) is 12.4. The molecule has 1 atom stereocenters. The van der Waals surface area contributed by atoms with Crippen molar-refractivity contribution in [2.45, 2.75) is 12.6 Å². The summed E-state index contributed by atoms with van der Waals surface area (Å²) in [5.41, 5.74) is 1.56. The van der Waals surface area contributed by atoms with E-state index in [0.29, 0.717) is 12.2 Å². The average molecular weight is 611 g/mol. The van der Waals surface area contributed by atoms with E-state index in [-0.39, 0.29) is 11.6 Å². The van der Waals surface area contributed by atoms with E-state index in [0.717, 1.165) is 22.3 Å². The van der Waals surface area contributed by atoms with Gasteiger partial charge in [-0.15, -0.1) is 0 Å². The Balaban J connectivity index is 1.75. The van der Waals surface area contributed by atoms with Gasteiger partial charge in [0.1, 0.15) is 0 Å². The van der Waals surface area contributed by atoms with E-state index in [1.807, 2.05) is 43.3 Å². The fourth-order valence-corrected chi connectivity index (χ4v) is 15.7. The first-order chi connectivity index (χ1) is 20.0. The number of esters is 1. The first kappa shape index (κ1) is 29.4. The zero-order valence-corrected chi connectivity index (χ0v) is 26.3. The zero-order chi connectivity index (χ0) is 28.7. The number of carbonyl (C=O) groups excluding carboxylic acids is 1. The van der Waals surface area contributed by atoms with Crippen LogP contribution in [0.5, 0.6) is 0 Å². The van der Waals surface area contributed by atoms with E-state index in [2.05, 4.69) is 109 Å². The second kappa shape index (κ2) is 13.2. The van der Waals surface area contributed by atoms with Gasteiger partial charge in [-0.2, -0.15) is 0 Å². The van der Waals surface area contributed by atoms with Crippen LogP contribution in [-0.2, 0) is 28.4 Å². The molecule has 5 aromatic carbocycles. The van der Waals surface area contributed by atoms with Gasteiger partial charge in [0.05, 0.1) is 12.2 Å². The highest BCUT2D eigenvalue weighted by molar-refractivity contribution is 8.24. The fraction of sp³-hybridized carbons (Fsp3) is 0.114. The highest BCUT2D eigenvalue weighted by atomic mass is 32.4. The summed E-state index contributed by atoms with van der Waals surface area (Å²) in [6.45, 7) is 2.15. The Kier molecular flexibility index (Phi) is 9.48. The van der Waals surface area contributed by atoms with Crippen molar-refractivity contribution in [1.29, 1.82) is 0 Å². The van der Waals surface area contributed by atoms with Crippen molar-refractivity contribution >= 4 is 62.9 Å². The van der Waals surface area contributed by atoms with E-state index < -0.39 is 12.1 Å². The molecule has 6 heteroatoms. The predicted octanol–water partition coefficient (Wildman–Crippen LogP) is 7.17. The maximum atomic E-state index is 12.5. The van der Waals surface area contributed by atoms with Gasteiger partial charge in [-0.1, -0.05) is 157 Å². The molecular weight excluding hydrogens is 578 g/mol. The Morgan fingerprint density at radius 1 is 0.610 bits per heavy atom. The maximum absolute atomic E-state index is 12.5. The van der Waals surface area contributed by atoms with Gasteiger partial charge in [-0.25, -0.2) is 4.79 Å². The largest absolute Gasteiger partial charge is 0.462 e. The molecule has 206 valence electrons. The van der Waals surface area contributed by atoms with Gasteiger partial charge in [0, 0.05) is 17.7 Å². The van der Waals surface area contributed by atoms with Gasteiger partial charge in [0.25, 0.3) is 0 Å². The van der Waals surface area contributed by atoms with Gasteiger partial charge >= 0.3 is 5.97 Å². The third-order valence-corrected chi connectivity index (χ3v) is 18.0. The summed E-state index contributed by atoms with van der Waals surface area (Å²) in [5.74, 6) is -0.320. The Labute approximate surface area is 253 Å². The number of hydrogen-bond donors (Lipinski definition) is 0. The summed E-state index contributed by atoms with van der Waals surface area (Å²) in [6.07, 6.45) is 0.718. The molecule has 0 aliphatic rings. The minimum absolute atomic E-state index is 0.0650. The molecule has 0 spiro atoms. The molecule has 0 radical (unpaired) electrons. The van der Waals surface area contributed by atoms with Crippen LogP contribution in [0.3, 0.4) is 0 Å². The lowest BCUT2D eigenvalue weighted by Crippen LogP contribution is -2.27. The molecular formula is C35H32O2P2S2. The Morgan fingerprint density at radius 2 is 1.00 bits per heavy atom. The topological polar surface area (TPSA) is 26.3 Å². The lowest BCUT2D eigenvalue weighted by atomic mass is 10.1. The van der Waals surface area contributed by atoms with Crippen molar-refractivity contribution < 1.29 is 9.53 Å². The third-order valence-electron chi connectivity index (χ3n) is 7.30. The van der Waals surface area contributed by atoms with Crippen molar-refractivity contribution in [1.82, 2.24) is 0 Å². The van der Waals surface area contributed by atoms with Gasteiger partial charge in [-0.3, -0.25) is 0 Å². The molecule has 0 aliphatic heterocycles. The molecule has 0 bridgehead atoms. The van der Waals surface area contributed by atoms with Crippen LogP contribution < -0.4 is 21.2 Å². The minimum Gasteiger partial charge on any atom is -0.462 e. The highest BCUT2D eigenvalue weighted by Crippen LogP contribution is 2.63. The lowest BCUT2D eigenvalue weighted by molar-refractivity contribution is 0.0526. The van der Waals surface area contributed by atoms with Crippen molar-refractivity contribution in [2.24, 2.45) is 0 Å². The Bertz CT molecular complexity index is 1590. The summed E-state index contributed by atoms with van der Waals surface area (Å²) in [4.78, 5) is 12.5. The summed E-state index contributed by atoms with van der Waals surface area (Å²) >= 11 is 13.7. The summed E-state index contributed by atoms with van der Waals surface area (Å²) in [5, 5.41) is 4.67. The van der Waals surface area contributed by atoms with E-state index in [1.54, 1.807) is 0 Å². The van der Waals surface area contributed by atoms with Crippen molar-refractivity contribution in [3.05, 3.63) is 157 Å². The molecule has 0 saturated carbocycles. The van der Waals surface area contributed by atoms with Crippen LogP contribution in [0.25, 0.3) is 0 Å². The van der Waals surface area contributed by atoms with Crippen LogP contribution in [0, 0.1) is 0 Å². The Hall–Kier alpha value is -3.13. The van der Waals surface area contributed by atoms with E-state index in [4.69, 9.17) is 28.4 Å². The summed E-state index contributed by atoms with van der Waals surface area (Å²) in [6, 6.07) is 45.2.